The molecule has 332 valence electrons. The number of carbonyl (C=O) groups excluding carboxylic acids is 2. The molecule has 62 heavy (non-hydrogen) atoms. The highest BCUT2D eigenvalue weighted by atomic mass is 19.3. The van der Waals surface area contributed by atoms with Crippen molar-refractivity contribution in [1.29, 1.82) is 0 Å². The van der Waals surface area contributed by atoms with Crippen LogP contribution in [0.3, 0.4) is 0 Å². The maximum atomic E-state index is 14.0. The first-order chi connectivity index (χ1) is 28.9. The summed E-state index contributed by atoms with van der Waals surface area (Å²) in [5, 5.41) is 31.1. The van der Waals surface area contributed by atoms with Crippen molar-refractivity contribution in [2.75, 3.05) is 0 Å². The summed E-state index contributed by atoms with van der Waals surface area (Å²) in [6.45, 7) is 11.9. The van der Waals surface area contributed by atoms with Gasteiger partial charge in [-0.25, -0.2) is 27.5 Å². The van der Waals surface area contributed by atoms with Gasteiger partial charge in [0.1, 0.15) is 17.3 Å². The van der Waals surface area contributed by atoms with Gasteiger partial charge in [-0.05, 0) is 97.1 Å². The molecule has 0 bridgehead atoms. The number of amides is 2. The first-order valence-electron chi connectivity index (χ1n) is 21.9. The van der Waals surface area contributed by atoms with E-state index < -0.39 is 82.5 Å². The zero-order chi connectivity index (χ0) is 44.7. The molecule has 0 aliphatic heterocycles. The molecule has 4 aromatic rings. The van der Waals surface area contributed by atoms with Crippen LogP contribution in [0.2, 0.25) is 0 Å². The number of aromatic amines is 2. The molecule has 1 unspecified atom stereocenters. The van der Waals surface area contributed by atoms with Crippen molar-refractivity contribution >= 4 is 22.6 Å². The van der Waals surface area contributed by atoms with Crippen LogP contribution in [0.15, 0.2) is 48.8 Å². The molecule has 0 spiro atoms. The molecule has 2 heterocycles. The molecule has 2 atom stereocenters. The maximum absolute atomic E-state index is 14.0. The van der Waals surface area contributed by atoms with E-state index in [0.29, 0.717) is 43.0 Å². The van der Waals surface area contributed by atoms with Crippen molar-refractivity contribution in [1.82, 2.24) is 30.6 Å². The van der Waals surface area contributed by atoms with Crippen molar-refractivity contribution in [3.05, 3.63) is 71.7 Å². The lowest BCUT2D eigenvalue weighted by molar-refractivity contribution is -0.157. The fourth-order valence-corrected chi connectivity index (χ4v) is 9.81. The maximum Gasteiger partial charge on any atom is 0.248 e. The summed E-state index contributed by atoms with van der Waals surface area (Å²) in [4.78, 5) is 43.5. The number of aromatic nitrogens is 4. The Labute approximate surface area is 359 Å². The van der Waals surface area contributed by atoms with Crippen molar-refractivity contribution in [2.24, 2.45) is 21.7 Å². The molecule has 0 radical (unpaired) electrons. The number of imidazole rings is 2. The molecule has 10 nitrogen and oxygen atoms in total. The van der Waals surface area contributed by atoms with E-state index in [1.807, 2.05) is 77.9 Å². The van der Waals surface area contributed by atoms with Crippen LogP contribution >= 0.6 is 0 Å². The average Bonchev–Trinajstić information content (AvgIpc) is 4.11. The van der Waals surface area contributed by atoms with Gasteiger partial charge in [-0.2, -0.15) is 0 Å². The van der Waals surface area contributed by atoms with Crippen LogP contribution in [0.1, 0.15) is 154 Å². The molecule has 4 fully saturated rings. The number of hydrogen-bond acceptors (Lipinski definition) is 6. The number of hydrogen-bond donors (Lipinski definition) is 6. The molecule has 4 aliphatic rings. The van der Waals surface area contributed by atoms with Gasteiger partial charge in [-0.1, -0.05) is 65.7 Å². The molecule has 14 heteroatoms. The number of fused-ring (bicyclic) bond motifs is 1. The first-order valence-corrected chi connectivity index (χ1v) is 21.9. The van der Waals surface area contributed by atoms with Crippen LogP contribution < -0.4 is 10.6 Å². The summed E-state index contributed by atoms with van der Waals surface area (Å²) < 4.78 is 55.9. The van der Waals surface area contributed by atoms with Gasteiger partial charge in [0.05, 0.1) is 52.2 Å². The summed E-state index contributed by atoms with van der Waals surface area (Å²) in [5.74, 6) is 1.13. The summed E-state index contributed by atoms with van der Waals surface area (Å²) in [6, 6.07) is 10.8. The van der Waals surface area contributed by atoms with E-state index in [0.717, 1.165) is 27.6 Å². The van der Waals surface area contributed by atoms with Gasteiger partial charge < -0.3 is 30.8 Å². The Morgan fingerprint density at radius 1 is 0.629 bits per heavy atom. The topological polar surface area (TPSA) is 156 Å². The van der Waals surface area contributed by atoms with E-state index >= 15 is 0 Å². The highest BCUT2D eigenvalue weighted by Gasteiger charge is 2.67. The second-order valence-corrected chi connectivity index (χ2v) is 20.9. The largest absolute Gasteiger partial charge is 0.389 e. The number of nitrogens with zero attached hydrogens (tertiary/aromatic N) is 2. The number of nitrogens with one attached hydrogen (secondary N) is 4. The standard InChI is InChI=1S/C48H58F4N6O4/c1-41(2,3)35(57-39(59)43(13-14-43)45(61)17-21-47(49,50)22-18-45)37-53-27-33(55-37)12-8-29-7-9-31-26-32(11-10-30(31)25-29)34-28-54-38(56-34)36(42(4,5)6)58-40(60)44(15-16-44)46(62)19-23-48(51,52)24-20-46/h7,9-11,25-28,35-36,61-62H,13-24H2,1-6H3,(H,53,55)(H,54,56)(H,57,59)(H,58,60)/t35?,36-/m1/s1. The number of carbonyl (C=O) groups is 2. The third-order valence-electron chi connectivity index (χ3n) is 14.3. The van der Waals surface area contributed by atoms with E-state index in [9.17, 15) is 37.4 Å². The molecule has 4 aliphatic carbocycles. The van der Waals surface area contributed by atoms with Crippen LogP contribution in [0.5, 0.6) is 0 Å². The Hall–Kier alpha value is -4.74. The Kier molecular flexibility index (Phi) is 10.6. The van der Waals surface area contributed by atoms with Crippen LogP contribution in [-0.2, 0) is 9.59 Å². The van der Waals surface area contributed by atoms with Gasteiger partial charge >= 0.3 is 0 Å². The predicted molar refractivity (Wildman–Crippen MR) is 227 cm³/mol. The van der Waals surface area contributed by atoms with Crippen LogP contribution in [0.25, 0.3) is 22.0 Å². The molecular weight excluding hydrogens is 801 g/mol. The van der Waals surface area contributed by atoms with Gasteiger partial charge in [0, 0.05) is 36.8 Å². The fraction of sp³-hybridized carbons (Fsp3) is 0.583. The molecule has 2 aromatic carbocycles. The lowest BCUT2D eigenvalue weighted by Crippen LogP contribution is -2.53. The molecule has 8 rings (SSSR count). The Bertz CT molecular complexity index is 2420. The molecule has 4 saturated carbocycles. The van der Waals surface area contributed by atoms with Gasteiger partial charge in [0.2, 0.25) is 23.7 Å². The highest BCUT2D eigenvalue weighted by Crippen LogP contribution is 2.62. The van der Waals surface area contributed by atoms with Gasteiger partial charge in [-0.3, -0.25) is 9.59 Å². The number of alkyl halides is 4. The van der Waals surface area contributed by atoms with E-state index in [4.69, 9.17) is 0 Å². The van der Waals surface area contributed by atoms with Crippen molar-refractivity contribution in [3.8, 4) is 23.1 Å². The molecule has 6 N–H and O–H groups in total. The lowest BCUT2D eigenvalue weighted by Gasteiger charge is -2.42. The van der Waals surface area contributed by atoms with Crippen molar-refractivity contribution < 1.29 is 37.4 Å². The Morgan fingerprint density at radius 2 is 1.08 bits per heavy atom. The normalized spacial score (nSPS) is 22.7. The number of aliphatic hydroxyl groups is 2. The van der Waals surface area contributed by atoms with E-state index in [2.05, 4.69) is 42.4 Å². The van der Waals surface area contributed by atoms with Crippen molar-refractivity contribution in [2.45, 2.75) is 154 Å². The zero-order valence-corrected chi connectivity index (χ0v) is 36.4. The van der Waals surface area contributed by atoms with E-state index in [1.54, 1.807) is 12.4 Å². The monoisotopic (exact) mass is 858 g/mol. The molecular formula is C48H58F4N6O4. The minimum atomic E-state index is -2.82. The third-order valence-corrected chi connectivity index (χ3v) is 14.3. The molecule has 2 amide bonds. The first kappa shape index (κ1) is 43.9. The van der Waals surface area contributed by atoms with Crippen LogP contribution in [0.4, 0.5) is 17.6 Å². The summed E-state index contributed by atoms with van der Waals surface area (Å²) in [7, 11) is 0. The number of benzene rings is 2. The van der Waals surface area contributed by atoms with Gasteiger partial charge in [-0.15, -0.1) is 0 Å². The molecule has 2 aromatic heterocycles. The smallest absolute Gasteiger partial charge is 0.248 e. The van der Waals surface area contributed by atoms with Gasteiger partial charge in [0.15, 0.2) is 0 Å². The summed E-state index contributed by atoms with van der Waals surface area (Å²) in [6.07, 6.45) is 3.03. The van der Waals surface area contributed by atoms with E-state index in [1.165, 1.54) is 0 Å². The Morgan fingerprint density at radius 3 is 1.56 bits per heavy atom. The minimum Gasteiger partial charge on any atom is -0.389 e. The number of H-pyrrole nitrogens is 2. The number of halogens is 4. The Balaban J connectivity index is 0.943. The minimum absolute atomic E-state index is 0.105. The fourth-order valence-electron chi connectivity index (χ4n) is 9.81. The molecule has 0 saturated heterocycles. The second-order valence-electron chi connectivity index (χ2n) is 20.9. The van der Waals surface area contributed by atoms with Crippen molar-refractivity contribution in [3.63, 3.8) is 0 Å². The summed E-state index contributed by atoms with van der Waals surface area (Å²) >= 11 is 0. The van der Waals surface area contributed by atoms with Gasteiger partial charge in [0.25, 0.3) is 0 Å². The average molecular weight is 859 g/mol. The number of rotatable bonds is 9. The zero-order valence-electron chi connectivity index (χ0n) is 36.4. The summed E-state index contributed by atoms with van der Waals surface area (Å²) in [5.41, 5.74) is -3.04. The van der Waals surface area contributed by atoms with Crippen LogP contribution in [0, 0.1) is 33.5 Å². The highest BCUT2D eigenvalue weighted by molar-refractivity contribution is 5.89. The quantitative estimate of drug-likeness (QED) is 0.0729. The predicted octanol–water partition coefficient (Wildman–Crippen LogP) is 9.20. The third kappa shape index (κ3) is 8.27. The lowest BCUT2D eigenvalue weighted by atomic mass is 9.71. The van der Waals surface area contributed by atoms with Crippen LogP contribution in [-0.4, -0.2) is 65.0 Å². The SMILES string of the molecule is CC(C)(C)C(NC(=O)C1(C2(O)CCC(F)(F)CC2)CC1)c1ncc(C#Cc2ccc3cc(-c4cnc([C@@H](NC(=O)C5(C6(O)CCC(F)(F)CC6)CC5)C(C)(C)C)[nH]4)ccc3c2)[nH]1. The van der Waals surface area contributed by atoms with E-state index in [-0.39, 0.29) is 37.5 Å². The second kappa shape index (κ2) is 14.9.